The van der Waals surface area contributed by atoms with Gasteiger partial charge in [-0.2, -0.15) is 0 Å². The summed E-state index contributed by atoms with van der Waals surface area (Å²) in [7, 11) is 3.40. The molecule has 0 atom stereocenters. The highest BCUT2D eigenvalue weighted by Gasteiger charge is 1.90. The van der Waals surface area contributed by atoms with E-state index in [1.807, 2.05) is 24.3 Å². The molecule has 0 aliphatic rings. The summed E-state index contributed by atoms with van der Waals surface area (Å²) in [5.41, 5.74) is 1.06. The third kappa shape index (κ3) is 2.08. The summed E-state index contributed by atoms with van der Waals surface area (Å²) < 4.78 is 5.04. The molecule has 0 N–H and O–H groups in total. The van der Waals surface area contributed by atoms with Crippen molar-refractivity contribution in [2.45, 2.75) is 0 Å². The van der Waals surface area contributed by atoms with Gasteiger partial charge in [0, 0.05) is 13.3 Å². The zero-order valence-electron chi connectivity index (χ0n) is 6.74. The topological polar surface area (TPSA) is 21.6 Å². The molecule has 0 bridgehead atoms. The van der Waals surface area contributed by atoms with Crippen LogP contribution in [0.3, 0.4) is 0 Å². The van der Waals surface area contributed by atoms with Crippen LogP contribution in [-0.2, 0) is 0 Å². The highest BCUT2D eigenvalue weighted by atomic mass is 16.5. The molecule has 0 fully saturated rings. The second-order valence-corrected chi connectivity index (χ2v) is 2.16. The van der Waals surface area contributed by atoms with Crippen LogP contribution >= 0.6 is 0 Å². The first-order valence-corrected chi connectivity index (χ1v) is 3.43. The van der Waals surface area contributed by atoms with Crippen LogP contribution in [0.5, 0.6) is 5.75 Å². The molecule has 0 amide bonds. The number of rotatable bonds is 2. The average molecular weight is 149 g/mol. The Hall–Kier alpha value is -1.31. The summed E-state index contributed by atoms with van der Waals surface area (Å²) in [6, 6.07) is 7.77. The predicted octanol–water partition coefficient (Wildman–Crippen LogP) is 1.74. The molecule has 2 nitrogen and oxygen atoms in total. The van der Waals surface area contributed by atoms with E-state index in [9.17, 15) is 0 Å². The van der Waals surface area contributed by atoms with E-state index < -0.39 is 0 Å². The van der Waals surface area contributed by atoms with E-state index in [0.29, 0.717) is 0 Å². The Morgan fingerprint density at radius 3 is 2.91 bits per heavy atom. The lowest BCUT2D eigenvalue weighted by molar-refractivity contribution is 0.415. The minimum Gasteiger partial charge on any atom is -0.497 e. The molecule has 0 saturated heterocycles. The van der Waals surface area contributed by atoms with E-state index in [4.69, 9.17) is 4.74 Å². The highest BCUT2D eigenvalue weighted by Crippen LogP contribution is 2.10. The van der Waals surface area contributed by atoms with Gasteiger partial charge >= 0.3 is 0 Å². The quantitative estimate of drug-likeness (QED) is 0.587. The molecule has 0 radical (unpaired) electrons. The fourth-order valence-electron chi connectivity index (χ4n) is 0.871. The maximum Gasteiger partial charge on any atom is 0.119 e. The number of aliphatic imine (C=N–C) groups is 1. The van der Waals surface area contributed by atoms with Crippen LogP contribution in [0.4, 0.5) is 0 Å². The Labute approximate surface area is 66.5 Å². The minimum atomic E-state index is 0.863. The third-order valence-electron chi connectivity index (χ3n) is 1.37. The highest BCUT2D eigenvalue weighted by molar-refractivity contribution is 5.79. The van der Waals surface area contributed by atoms with Crippen molar-refractivity contribution in [3.63, 3.8) is 0 Å². The monoisotopic (exact) mass is 149 g/mol. The molecule has 0 heterocycles. The van der Waals surface area contributed by atoms with Crippen molar-refractivity contribution in [2.75, 3.05) is 14.2 Å². The van der Waals surface area contributed by atoms with Crippen LogP contribution in [0.15, 0.2) is 29.3 Å². The lowest BCUT2D eigenvalue weighted by Crippen LogP contribution is -1.84. The van der Waals surface area contributed by atoms with Gasteiger partial charge in [-0.3, -0.25) is 4.99 Å². The lowest BCUT2D eigenvalue weighted by atomic mass is 10.2. The van der Waals surface area contributed by atoms with Crippen molar-refractivity contribution in [1.29, 1.82) is 0 Å². The Kier molecular flexibility index (Phi) is 2.66. The summed E-state index contributed by atoms with van der Waals surface area (Å²) in [5, 5.41) is 0. The molecular formula is C9H11NO. The number of hydrogen-bond acceptors (Lipinski definition) is 2. The van der Waals surface area contributed by atoms with Crippen LogP contribution in [0.2, 0.25) is 0 Å². The Morgan fingerprint density at radius 2 is 2.27 bits per heavy atom. The summed E-state index contributed by atoms with van der Waals surface area (Å²) in [6.07, 6.45) is 1.79. The summed E-state index contributed by atoms with van der Waals surface area (Å²) in [4.78, 5) is 3.90. The van der Waals surface area contributed by atoms with Crippen LogP contribution in [0, 0.1) is 0 Å². The Morgan fingerprint density at radius 1 is 1.45 bits per heavy atom. The van der Waals surface area contributed by atoms with E-state index in [1.165, 1.54) is 0 Å². The minimum absolute atomic E-state index is 0.863. The van der Waals surface area contributed by atoms with E-state index in [0.717, 1.165) is 11.3 Å². The zero-order chi connectivity index (χ0) is 8.10. The fourth-order valence-corrected chi connectivity index (χ4v) is 0.871. The molecule has 0 aliphatic heterocycles. The van der Waals surface area contributed by atoms with Crippen molar-refractivity contribution in [1.82, 2.24) is 0 Å². The number of ether oxygens (including phenoxy) is 1. The molecule has 0 aliphatic carbocycles. The normalized spacial score (nSPS) is 10.4. The van der Waals surface area contributed by atoms with E-state index in [1.54, 1.807) is 20.4 Å². The largest absolute Gasteiger partial charge is 0.497 e. The second-order valence-electron chi connectivity index (χ2n) is 2.16. The van der Waals surface area contributed by atoms with Crippen molar-refractivity contribution in [3.8, 4) is 5.75 Å². The van der Waals surface area contributed by atoms with Crippen LogP contribution in [0.1, 0.15) is 5.56 Å². The molecule has 1 aromatic carbocycles. The molecule has 2 heteroatoms. The molecule has 1 rings (SSSR count). The molecular weight excluding hydrogens is 138 g/mol. The van der Waals surface area contributed by atoms with Gasteiger partial charge in [-0.05, 0) is 17.7 Å². The Bertz CT molecular complexity index is 255. The molecule has 11 heavy (non-hydrogen) atoms. The maximum absolute atomic E-state index is 5.04. The van der Waals surface area contributed by atoms with Crippen molar-refractivity contribution in [2.24, 2.45) is 4.99 Å². The Balaban J connectivity index is 2.91. The van der Waals surface area contributed by atoms with Crippen molar-refractivity contribution in [3.05, 3.63) is 29.8 Å². The van der Waals surface area contributed by atoms with Gasteiger partial charge in [0.05, 0.1) is 7.11 Å². The number of nitrogens with zero attached hydrogens (tertiary/aromatic N) is 1. The second kappa shape index (κ2) is 3.76. The first-order valence-electron chi connectivity index (χ1n) is 3.43. The third-order valence-corrected chi connectivity index (χ3v) is 1.37. The van der Waals surface area contributed by atoms with Gasteiger partial charge in [0.25, 0.3) is 0 Å². The van der Waals surface area contributed by atoms with Gasteiger partial charge in [0.2, 0.25) is 0 Å². The molecule has 0 unspecified atom stereocenters. The van der Waals surface area contributed by atoms with E-state index in [2.05, 4.69) is 4.99 Å². The van der Waals surface area contributed by atoms with Crippen LogP contribution in [-0.4, -0.2) is 20.4 Å². The number of methoxy groups -OCH3 is 1. The van der Waals surface area contributed by atoms with Gasteiger partial charge in [0.15, 0.2) is 0 Å². The molecule has 0 aromatic heterocycles. The molecule has 0 saturated carbocycles. The van der Waals surface area contributed by atoms with Gasteiger partial charge in [-0.15, -0.1) is 0 Å². The standard InChI is InChI=1S/C9H11NO/c1-10-7-8-4-3-5-9(6-8)11-2/h3-7H,1-2H3/b10-7+. The zero-order valence-corrected chi connectivity index (χ0v) is 6.74. The van der Waals surface area contributed by atoms with E-state index in [-0.39, 0.29) is 0 Å². The summed E-state index contributed by atoms with van der Waals surface area (Å²) in [5.74, 6) is 0.863. The summed E-state index contributed by atoms with van der Waals surface area (Å²) >= 11 is 0. The van der Waals surface area contributed by atoms with Gasteiger partial charge < -0.3 is 4.74 Å². The SMILES string of the molecule is C/N=C/c1cccc(OC)c1. The van der Waals surface area contributed by atoms with Crippen LogP contribution < -0.4 is 4.74 Å². The number of benzene rings is 1. The van der Waals surface area contributed by atoms with Crippen molar-refractivity contribution < 1.29 is 4.74 Å². The lowest BCUT2D eigenvalue weighted by Gasteiger charge is -1.98. The summed E-state index contributed by atoms with van der Waals surface area (Å²) in [6.45, 7) is 0. The van der Waals surface area contributed by atoms with Crippen LogP contribution in [0.25, 0.3) is 0 Å². The number of hydrogen-bond donors (Lipinski definition) is 0. The van der Waals surface area contributed by atoms with Crippen molar-refractivity contribution >= 4 is 6.21 Å². The predicted molar refractivity (Wildman–Crippen MR) is 46.5 cm³/mol. The maximum atomic E-state index is 5.04. The smallest absolute Gasteiger partial charge is 0.119 e. The molecule has 1 aromatic rings. The van der Waals surface area contributed by atoms with E-state index >= 15 is 0 Å². The molecule has 0 spiro atoms. The first-order chi connectivity index (χ1) is 5.36. The fraction of sp³-hybridized carbons (Fsp3) is 0.222. The molecule has 58 valence electrons. The first kappa shape index (κ1) is 7.79. The average Bonchev–Trinajstić information content (AvgIpc) is 2.06. The van der Waals surface area contributed by atoms with Gasteiger partial charge in [-0.25, -0.2) is 0 Å². The van der Waals surface area contributed by atoms with Gasteiger partial charge in [0.1, 0.15) is 5.75 Å². The van der Waals surface area contributed by atoms with Gasteiger partial charge in [-0.1, -0.05) is 12.1 Å².